The number of guanidine groups is 1. The zero-order chi connectivity index (χ0) is 16.4. The van der Waals surface area contributed by atoms with Crippen molar-refractivity contribution >= 4 is 11.9 Å². The number of rotatable bonds is 7. The van der Waals surface area contributed by atoms with E-state index in [1.54, 1.807) is 31.1 Å². The lowest BCUT2D eigenvalue weighted by atomic mass is 10.1. The van der Waals surface area contributed by atoms with Crippen LogP contribution in [0.15, 0.2) is 29.3 Å². The van der Waals surface area contributed by atoms with Crippen LogP contribution in [0.2, 0.25) is 0 Å². The second-order valence-corrected chi connectivity index (χ2v) is 5.07. The molecule has 0 aliphatic carbocycles. The molecule has 5 nitrogen and oxygen atoms in total. The Bertz CT molecular complexity index is 503. The van der Waals surface area contributed by atoms with E-state index in [0.717, 1.165) is 6.54 Å². The fraction of sp³-hybridized carbons (Fsp3) is 0.500. The molecule has 2 N–H and O–H groups in total. The minimum absolute atomic E-state index is 0.0472. The lowest BCUT2D eigenvalue weighted by molar-refractivity contribution is -0.128. The second-order valence-electron chi connectivity index (χ2n) is 5.07. The predicted octanol–water partition coefficient (Wildman–Crippen LogP) is 1.40. The molecule has 0 heterocycles. The number of nitrogens with zero attached hydrogens (tertiary/aromatic N) is 2. The highest BCUT2D eigenvalue weighted by atomic mass is 19.1. The first-order chi connectivity index (χ1) is 10.5. The van der Waals surface area contributed by atoms with Crippen molar-refractivity contribution in [3.05, 3.63) is 35.6 Å². The average molecular weight is 308 g/mol. The number of benzene rings is 1. The van der Waals surface area contributed by atoms with Crippen LogP contribution in [0.5, 0.6) is 0 Å². The molecule has 0 bridgehead atoms. The van der Waals surface area contributed by atoms with Crippen molar-refractivity contribution in [1.82, 2.24) is 15.5 Å². The minimum atomic E-state index is -0.192. The SMILES string of the molecule is CCNC(=NCCC(=O)N(C)C)NCCc1ccccc1F. The van der Waals surface area contributed by atoms with Crippen LogP contribution in [-0.2, 0) is 11.2 Å². The van der Waals surface area contributed by atoms with E-state index >= 15 is 0 Å². The Kier molecular flexibility index (Phi) is 7.96. The molecule has 0 fully saturated rings. The van der Waals surface area contributed by atoms with Crippen LogP contribution in [0.3, 0.4) is 0 Å². The number of carbonyl (C=O) groups is 1. The Morgan fingerprint density at radius 1 is 1.27 bits per heavy atom. The maximum Gasteiger partial charge on any atom is 0.223 e. The summed E-state index contributed by atoms with van der Waals surface area (Å²) in [4.78, 5) is 17.4. The minimum Gasteiger partial charge on any atom is -0.357 e. The van der Waals surface area contributed by atoms with Gasteiger partial charge in [-0.2, -0.15) is 0 Å². The summed E-state index contributed by atoms with van der Waals surface area (Å²) in [7, 11) is 3.45. The van der Waals surface area contributed by atoms with Crippen molar-refractivity contribution in [3.8, 4) is 0 Å². The fourth-order valence-electron chi connectivity index (χ4n) is 1.85. The number of carbonyl (C=O) groups excluding carboxylic acids is 1. The van der Waals surface area contributed by atoms with Crippen molar-refractivity contribution in [2.24, 2.45) is 4.99 Å². The molecule has 0 atom stereocenters. The highest BCUT2D eigenvalue weighted by Gasteiger charge is 2.04. The molecule has 1 aromatic carbocycles. The Morgan fingerprint density at radius 2 is 2.00 bits per heavy atom. The molecule has 0 aliphatic heterocycles. The molecule has 0 radical (unpaired) electrons. The second kappa shape index (κ2) is 9.76. The molecule has 0 saturated carbocycles. The van der Waals surface area contributed by atoms with Crippen molar-refractivity contribution in [2.45, 2.75) is 19.8 Å². The van der Waals surface area contributed by atoms with E-state index in [1.807, 2.05) is 13.0 Å². The molecular weight excluding hydrogens is 283 g/mol. The summed E-state index contributed by atoms with van der Waals surface area (Å²) in [5.41, 5.74) is 0.675. The van der Waals surface area contributed by atoms with Crippen LogP contribution < -0.4 is 10.6 Å². The van der Waals surface area contributed by atoms with Crippen molar-refractivity contribution < 1.29 is 9.18 Å². The van der Waals surface area contributed by atoms with Crippen LogP contribution in [0.25, 0.3) is 0 Å². The van der Waals surface area contributed by atoms with Gasteiger partial charge in [0.05, 0.1) is 6.54 Å². The quantitative estimate of drug-likeness (QED) is 0.591. The molecule has 0 spiro atoms. The average Bonchev–Trinajstić information content (AvgIpc) is 2.49. The summed E-state index contributed by atoms with van der Waals surface area (Å²) in [5, 5.41) is 6.25. The third-order valence-electron chi connectivity index (χ3n) is 3.08. The molecule has 0 aromatic heterocycles. The molecular formula is C16H25FN4O. The van der Waals surface area contributed by atoms with Crippen molar-refractivity contribution in [2.75, 3.05) is 33.7 Å². The van der Waals surface area contributed by atoms with Crippen LogP contribution in [0, 0.1) is 5.82 Å². The van der Waals surface area contributed by atoms with Crippen LogP contribution in [-0.4, -0.2) is 50.5 Å². The van der Waals surface area contributed by atoms with Gasteiger partial charge in [-0.1, -0.05) is 18.2 Å². The Balaban J connectivity index is 2.43. The number of aliphatic imine (C=N–C) groups is 1. The summed E-state index contributed by atoms with van der Waals surface area (Å²) in [5.74, 6) is 0.499. The summed E-state index contributed by atoms with van der Waals surface area (Å²) in [6, 6.07) is 6.74. The van der Waals surface area contributed by atoms with Gasteiger partial charge in [0.15, 0.2) is 5.96 Å². The zero-order valence-electron chi connectivity index (χ0n) is 13.5. The van der Waals surface area contributed by atoms with Crippen molar-refractivity contribution in [1.29, 1.82) is 0 Å². The van der Waals surface area contributed by atoms with Crippen molar-refractivity contribution in [3.63, 3.8) is 0 Å². The molecule has 1 rings (SSSR count). The summed E-state index contributed by atoms with van der Waals surface area (Å²) >= 11 is 0. The third kappa shape index (κ3) is 6.56. The number of hydrogen-bond acceptors (Lipinski definition) is 2. The fourth-order valence-corrected chi connectivity index (χ4v) is 1.85. The van der Waals surface area contributed by atoms with E-state index < -0.39 is 0 Å². The molecule has 0 unspecified atom stereocenters. The molecule has 0 saturated heterocycles. The third-order valence-corrected chi connectivity index (χ3v) is 3.08. The molecule has 0 aliphatic rings. The van der Waals surface area contributed by atoms with Gasteiger partial charge in [-0.25, -0.2) is 4.39 Å². The number of nitrogens with one attached hydrogen (secondary N) is 2. The van der Waals surface area contributed by atoms with Gasteiger partial charge >= 0.3 is 0 Å². The largest absolute Gasteiger partial charge is 0.357 e. The van der Waals surface area contributed by atoms with Gasteiger partial charge in [-0.15, -0.1) is 0 Å². The van der Waals surface area contributed by atoms with E-state index in [0.29, 0.717) is 37.5 Å². The molecule has 6 heteroatoms. The van der Waals surface area contributed by atoms with Crippen LogP contribution in [0.1, 0.15) is 18.9 Å². The van der Waals surface area contributed by atoms with E-state index in [-0.39, 0.29) is 11.7 Å². The number of halogens is 1. The summed E-state index contributed by atoms with van der Waals surface area (Å²) in [6.45, 7) is 3.70. The standard InChI is InChI=1S/C16H25FN4O/c1-4-18-16(20-12-10-15(22)21(2)3)19-11-9-13-7-5-6-8-14(13)17/h5-8H,4,9-12H2,1-3H3,(H2,18,19,20). The number of hydrogen-bond donors (Lipinski definition) is 2. The van der Waals surface area contributed by atoms with Crippen LogP contribution in [0.4, 0.5) is 4.39 Å². The smallest absolute Gasteiger partial charge is 0.223 e. The van der Waals surface area contributed by atoms with Gasteiger partial charge in [0.1, 0.15) is 5.82 Å². The first kappa shape index (κ1) is 17.9. The summed E-state index contributed by atoms with van der Waals surface area (Å²) in [6.07, 6.45) is 0.949. The maximum absolute atomic E-state index is 13.5. The Morgan fingerprint density at radius 3 is 2.64 bits per heavy atom. The number of amides is 1. The van der Waals surface area contributed by atoms with Gasteiger partial charge in [0.25, 0.3) is 0 Å². The maximum atomic E-state index is 13.5. The molecule has 122 valence electrons. The highest BCUT2D eigenvalue weighted by Crippen LogP contribution is 2.06. The molecule has 1 amide bonds. The van der Waals surface area contributed by atoms with Gasteiger partial charge in [-0.05, 0) is 25.0 Å². The summed E-state index contributed by atoms with van der Waals surface area (Å²) < 4.78 is 13.5. The Hall–Kier alpha value is -2.11. The first-order valence-corrected chi connectivity index (χ1v) is 7.50. The Labute approximate surface area is 131 Å². The lowest BCUT2D eigenvalue weighted by Crippen LogP contribution is -2.38. The lowest BCUT2D eigenvalue weighted by Gasteiger charge is -2.12. The van der Waals surface area contributed by atoms with Gasteiger partial charge in [0.2, 0.25) is 5.91 Å². The normalized spacial score (nSPS) is 11.2. The highest BCUT2D eigenvalue weighted by molar-refractivity contribution is 5.80. The predicted molar refractivity (Wildman–Crippen MR) is 87.4 cm³/mol. The van der Waals surface area contributed by atoms with E-state index in [9.17, 15) is 9.18 Å². The first-order valence-electron chi connectivity index (χ1n) is 7.50. The van der Waals surface area contributed by atoms with Gasteiger partial charge in [0, 0.05) is 33.6 Å². The van der Waals surface area contributed by atoms with E-state index in [1.165, 1.54) is 6.07 Å². The van der Waals surface area contributed by atoms with E-state index in [2.05, 4.69) is 15.6 Å². The van der Waals surface area contributed by atoms with Gasteiger partial charge in [-0.3, -0.25) is 9.79 Å². The molecule has 1 aromatic rings. The zero-order valence-corrected chi connectivity index (χ0v) is 13.5. The molecule has 22 heavy (non-hydrogen) atoms. The topological polar surface area (TPSA) is 56.7 Å². The van der Waals surface area contributed by atoms with Gasteiger partial charge < -0.3 is 15.5 Å². The van der Waals surface area contributed by atoms with Crippen LogP contribution >= 0.6 is 0 Å². The monoisotopic (exact) mass is 308 g/mol. The van der Waals surface area contributed by atoms with E-state index in [4.69, 9.17) is 0 Å².